The van der Waals surface area contributed by atoms with Gasteiger partial charge in [-0.25, -0.2) is 0 Å². The molecule has 0 N–H and O–H groups in total. The topological polar surface area (TPSA) is 35.5 Å². The van der Waals surface area contributed by atoms with Crippen LogP contribution in [0, 0.1) is 46.8 Å². The molecule has 3 heteroatoms. The maximum absolute atomic E-state index is 11.7. The third kappa shape index (κ3) is 1.70. The Morgan fingerprint density at radius 1 is 1.08 bits per heavy atom. The fourth-order valence-corrected chi connectivity index (χ4v) is 8.72. The van der Waals surface area contributed by atoms with Crippen molar-refractivity contribution in [2.45, 2.75) is 65.3 Å². The van der Waals surface area contributed by atoms with Gasteiger partial charge in [-0.3, -0.25) is 4.79 Å². The Bertz CT molecular complexity index is 637. The molecule has 0 spiro atoms. The summed E-state index contributed by atoms with van der Waals surface area (Å²) < 4.78 is 12.2. The molecule has 3 nitrogen and oxygen atoms in total. The van der Waals surface area contributed by atoms with E-state index in [4.69, 9.17) is 9.47 Å². The Labute approximate surface area is 145 Å². The molecule has 4 aliphatic carbocycles. The Morgan fingerprint density at radius 3 is 2.42 bits per heavy atom. The standard InChI is InChI=1S/C21H30O3/c1-11(22)23-21(5)10-20(4)15-9-14(18(20)19(2,3)24-21)16-12-6-7-13(8-12)17(15)16/h6-7,12-18H,8-10H2,1-5H3. The second kappa shape index (κ2) is 4.28. The van der Waals surface area contributed by atoms with E-state index in [1.807, 2.05) is 6.92 Å². The minimum Gasteiger partial charge on any atom is -0.434 e. The average molecular weight is 330 g/mol. The third-order valence-electron chi connectivity index (χ3n) is 8.34. The SMILES string of the molecule is CC(=O)OC1(C)CC2(C)C3CC(C4C5C=CC(C5)C43)C2C(C)(C)O1. The Balaban J connectivity index is 1.56. The van der Waals surface area contributed by atoms with Gasteiger partial charge < -0.3 is 9.47 Å². The number of allylic oxidation sites excluding steroid dienone is 2. The van der Waals surface area contributed by atoms with E-state index in [-0.39, 0.29) is 17.0 Å². The zero-order valence-electron chi connectivity index (χ0n) is 15.5. The van der Waals surface area contributed by atoms with E-state index >= 15 is 0 Å². The van der Waals surface area contributed by atoms with E-state index in [0.717, 1.165) is 41.9 Å². The first kappa shape index (κ1) is 15.4. The average Bonchev–Trinajstić information content (AvgIpc) is 3.09. The van der Waals surface area contributed by atoms with Crippen molar-refractivity contribution in [1.82, 2.24) is 0 Å². The Morgan fingerprint density at radius 2 is 1.75 bits per heavy atom. The van der Waals surface area contributed by atoms with E-state index < -0.39 is 5.79 Å². The summed E-state index contributed by atoms with van der Waals surface area (Å²) in [5.74, 6) is 4.46. The van der Waals surface area contributed by atoms with Crippen molar-refractivity contribution in [2.75, 3.05) is 0 Å². The number of ether oxygens (including phenoxy) is 2. The summed E-state index contributed by atoms with van der Waals surface area (Å²) in [4.78, 5) is 11.7. The molecule has 1 saturated heterocycles. The molecule has 5 aliphatic rings. The van der Waals surface area contributed by atoms with Crippen molar-refractivity contribution < 1.29 is 14.3 Å². The zero-order valence-corrected chi connectivity index (χ0v) is 15.5. The van der Waals surface area contributed by atoms with Gasteiger partial charge in [0.25, 0.3) is 0 Å². The Hall–Kier alpha value is -0.830. The largest absolute Gasteiger partial charge is 0.434 e. The van der Waals surface area contributed by atoms with E-state index in [1.165, 1.54) is 19.8 Å². The Kier molecular flexibility index (Phi) is 2.75. The molecule has 4 bridgehead atoms. The highest BCUT2D eigenvalue weighted by Gasteiger charge is 2.74. The summed E-state index contributed by atoms with van der Waals surface area (Å²) in [6, 6.07) is 0. The summed E-state index contributed by atoms with van der Waals surface area (Å²) in [6.07, 6.45) is 8.59. The minimum absolute atomic E-state index is 0.218. The van der Waals surface area contributed by atoms with E-state index in [1.54, 1.807) is 0 Å². The van der Waals surface area contributed by atoms with E-state index in [0.29, 0.717) is 5.92 Å². The van der Waals surface area contributed by atoms with Crippen LogP contribution in [0.5, 0.6) is 0 Å². The molecule has 24 heavy (non-hydrogen) atoms. The molecule has 4 fully saturated rings. The highest BCUT2D eigenvalue weighted by atomic mass is 16.7. The molecular formula is C21H30O3. The predicted molar refractivity (Wildman–Crippen MR) is 90.9 cm³/mol. The van der Waals surface area contributed by atoms with Gasteiger partial charge >= 0.3 is 5.97 Å². The second-order valence-electron chi connectivity index (χ2n) is 10.2. The molecule has 5 rings (SSSR count). The van der Waals surface area contributed by atoms with Crippen LogP contribution in [0.15, 0.2) is 12.2 Å². The molecular weight excluding hydrogens is 300 g/mol. The van der Waals surface area contributed by atoms with Gasteiger partial charge in [0.2, 0.25) is 5.79 Å². The highest BCUT2D eigenvalue weighted by molar-refractivity contribution is 5.66. The van der Waals surface area contributed by atoms with Crippen LogP contribution < -0.4 is 0 Å². The van der Waals surface area contributed by atoms with Crippen LogP contribution in [0.1, 0.15) is 53.9 Å². The number of carbonyl (C=O) groups excluding carboxylic acids is 1. The van der Waals surface area contributed by atoms with Crippen molar-refractivity contribution in [3.63, 3.8) is 0 Å². The second-order valence-corrected chi connectivity index (χ2v) is 10.2. The van der Waals surface area contributed by atoms with Crippen LogP contribution in [0.2, 0.25) is 0 Å². The van der Waals surface area contributed by atoms with E-state index in [9.17, 15) is 4.79 Å². The summed E-state index contributed by atoms with van der Waals surface area (Å²) in [6.45, 7) is 10.4. The molecule has 9 atom stereocenters. The fourth-order valence-electron chi connectivity index (χ4n) is 8.72. The first-order chi connectivity index (χ1) is 11.1. The number of rotatable bonds is 1. The van der Waals surface area contributed by atoms with Crippen LogP contribution in [0.25, 0.3) is 0 Å². The summed E-state index contributed by atoms with van der Waals surface area (Å²) >= 11 is 0. The molecule has 0 amide bonds. The van der Waals surface area contributed by atoms with Crippen LogP contribution in [0.3, 0.4) is 0 Å². The molecule has 0 radical (unpaired) electrons. The molecule has 0 aromatic carbocycles. The highest BCUT2D eigenvalue weighted by Crippen LogP contribution is 2.76. The van der Waals surface area contributed by atoms with Crippen molar-refractivity contribution in [1.29, 1.82) is 0 Å². The van der Waals surface area contributed by atoms with Crippen LogP contribution in [-0.4, -0.2) is 17.4 Å². The van der Waals surface area contributed by atoms with Crippen molar-refractivity contribution in [2.24, 2.45) is 46.8 Å². The van der Waals surface area contributed by atoms with Crippen molar-refractivity contribution in [3.8, 4) is 0 Å². The summed E-state index contributed by atoms with van der Waals surface area (Å²) in [5, 5.41) is 0. The molecule has 1 heterocycles. The number of hydrogen-bond acceptors (Lipinski definition) is 3. The predicted octanol–water partition coefficient (Wildman–Crippen LogP) is 4.18. The van der Waals surface area contributed by atoms with Gasteiger partial charge in [0.1, 0.15) is 0 Å². The number of esters is 1. The lowest BCUT2D eigenvalue weighted by Gasteiger charge is -2.60. The van der Waals surface area contributed by atoms with Gasteiger partial charge in [0.05, 0.1) is 5.60 Å². The van der Waals surface area contributed by atoms with Crippen LogP contribution in [0.4, 0.5) is 0 Å². The molecule has 132 valence electrons. The first-order valence-electron chi connectivity index (χ1n) is 9.73. The van der Waals surface area contributed by atoms with Gasteiger partial charge in [-0.1, -0.05) is 19.1 Å². The number of carbonyl (C=O) groups is 1. The number of fused-ring (bicyclic) bond motifs is 12. The molecule has 3 saturated carbocycles. The van der Waals surface area contributed by atoms with Gasteiger partial charge in [0, 0.05) is 20.3 Å². The minimum atomic E-state index is -0.784. The fraction of sp³-hybridized carbons (Fsp3) is 0.857. The molecule has 0 aromatic rings. The van der Waals surface area contributed by atoms with Crippen LogP contribution in [-0.2, 0) is 14.3 Å². The van der Waals surface area contributed by atoms with Crippen LogP contribution >= 0.6 is 0 Å². The lowest BCUT2D eigenvalue weighted by molar-refractivity contribution is -0.334. The lowest BCUT2D eigenvalue weighted by atomic mass is 9.51. The molecule has 1 aliphatic heterocycles. The quantitative estimate of drug-likeness (QED) is 0.411. The van der Waals surface area contributed by atoms with Gasteiger partial charge in [0.15, 0.2) is 0 Å². The first-order valence-corrected chi connectivity index (χ1v) is 9.73. The number of hydrogen-bond donors (Lipinski definition) is 0. The molecule has 9 unspecified atom stereocenters. The normalized spacial score (nSPS) is 58.6. The summed E-state index contributed by atoms with van der Waals surface area (Å²) in [5.41, 5.74) is -0.0246. The van der Waals surface area contributed by atoms with Crippen molar-refractivity contribution >= 4 is 5.97 Å². The monoisotopic (exact) mass is 330 g/mol. The third-order valence-corrected chi connectivity index (χ3v) is 8.34. The van der Waals surface area contributed by atoms with Gasteiger partial charge in [-0.2, -0.15) is 0 Å². The zero-order chi connectivity index (χ0) is 17.1. The van der Waals surface area contributed by atoms with Gasteiger partial charge in [-0.15, -0.1) is 0 Å². The summed E-state index contributed by atoms with van der Waals surface area (Å²) in [7, 11) is 0. The van der Waals surface area contributed by atoms with E-state index in [2.05, 4.69) is 32.9 Å². The maximum Gasteiger partial charge on any atom is 0.305 e. The lowest BCUT2D eigenvalue weighted by Crippen LogP contribution is -2.62. The molecule has 0 aromatic heterocycles. The van der Waals surface area contributed by atoms with Gasteiger partial charge in [-0.05, 0) is 73.5 Å². The maximum atomic E-state index is 11.7. The van der Waals surface area contributed by atoms with Crippen molar-refractivity contribution in [3.05, 3.63) is 12.2 Å². The smallest absolute Gasteiger partial charge is 0.305 e.